The van der Waals surface area contributed by atoms with E-state index in [1.54, 1.807) is 0 Å². The Balaban J connectivity index is 0.931. The van der Waals surface area contributed by atoms with E-state index in [2.05, 4.69) is 34.9 Å². The largest absolute Gasteiger partial charge is 0.514 e. The van der Waals surface area contributed by atoms with E-state index in [0.717, 1.165) is 37.4 Å². The average molecular weight is 629 g/mol. The van der Waals surface area contributed by atoms with E-state index in [9.17, 15) is 4.79 Å². The van der Waals surface area contributed by atoms with Gasteiger partial charge >= 0.3 is 6.16 Å². The first-order chi connectivity index (χ1) is 22.5. The molecule has 0 spiro atoms. The van der Waals surface area contributed by atoms with E-state index in [1.165, 1.54) is 86.5 Å². The lowest BCUT2D eigenvalue weighted by molar-refractivity contribution is -0.110. The Labute approximate surface area is 274 Å². The van der Waals surface area contributed by atoms with Gasteiger partial charge in [0.15, 0.2) is 0 Å². The standard InChI is InChI=1S/C39H52N2O5/c1-3-35(43-27-13-11-25-21-33-29-9-5-7-15-38(29,17-19-40-33)31(25)23-27)45-37(42)46-36(4-2)44-28-14-12-26-22-34-30-10-6-8-16-39(30,18-20-41-34)32(26)24-28/h11-14,23-24,29-30,33-36,40-41H,3-10,15-22H2,1-2H3/t29-,30-,33+,34+,35?,36?,38+,39+/m0/s1. The SMILES string of the molecule is CCC(OC(=O)OC(CC)Oc1ccc2c(c1)[C@@]13CCCC[C@H]1[C@@H](C2)NCC3)Oc1ccc2c(c1)[C@@]13CCCC[C@H]1[C@@H](C2)NCC3. The predicted molar refractivity (Wildman–Crippen MR) is 177 cm³/mol. The molecule has 6 aliphatic rings. The molecule has 2 aliphatic heterocycles. The summed E-state index contributed by atoms with van der Waals surface area (Å²) in [6, 6.07) is 14.2. The summed E-state index contributed by atoms with van der Waals surface area (Å²) in [7, 11) is 0. The fourth-order valence-electron chi connectivity index (χ4n) is 10.9. The summed E-state index contributed by atoms with van der Waals surface area (Å²) in [5.74, 6) is 2.94. The average Bonchev–Trinajstić information content (AvgIpc) is 3.08. The molecule has 4 aliphatic carbocycles. The summed E-state index contributed by atoms with van der Waals surface area (Å²) in [6.45, 7) is 6.11. The van der Waals surface area contributed by atoms with Crippen molar-refractivity contribution in [1.29, 1.82) is 0 Å². The number of hydrogen-bond acceptors (Lipinski definition) is 7. The maximum atomic E-state index is 13.1. The second-order valence-electron chi connectivity index (χ2n) is 15.1. The van der Waals surface area contributed by atoms with Crippen LogP contribution in [0.25, 0.3) is 0 Å². The fourth-order valence-corrected chi connectivity index (χ4v) is 10.9. The van der Waals surface area contributed by atoms with E-state index in [1.807, 2.05) is 26.0 Å². The Hall–Kier alpha value is -2.77. The molecule has 2 aromatic carbocycles. The monoisotopic (exact) mass is 628 g/mol. The third-order valence-electron chi connectivity index (χ3n) is 12.9. The lowest BCUT2D eigenvalue weighted by Gasteiger charge is -2.56. The highest BCUT2D eigenvalue weighted by molar-refractivity contribution is 5.60. The van der Waals surface area contributed by atoms with Crippen LogP contribution in [0.2, 0.25) is 0 Å². The summed E-state index contributed by atoms with van der Waals surface area (Å²) < 4.78 is 24.1. The number of rotatable bonds is 8. The van der Waals surface area contributed by atoms with Crippen LogP contribution in [-0.2, 0) is 33.1 Å². The van der Waals surface area contributed by atoms with Gasteiger partial charge in [-0.15, -0.1) is 0 Å². The molecule has 7 heteroatoms. The number of carbonyl (C=O) groups is 1. The smallest absolute Gasteiger partial charge is 0.455 e. The highest BCUT2D eigenvalue weighted by Crippen LogP contribution is 2.55. The quantitative estimate of drug-likeness (QED) is 0.232. The molecule has 248 valence electrons. The minimum atomic E-state index is -0.756. The molecule has 8 rings (SSSR count). The van der Waals surface area contributed by atoms with Gasteiger partial charge in [0.2, 0.25) is 12.6 Å². The molecule has 2 unspecified atom stereocenters. The van der Waals surface area contributed by atoms with Crippen molar-refractivity contribution in [2.75, 3.05) is 13.1 Å². The molecule has 2 aromatic rings. The molecule has 2 saturated carbocycles. The Morgan fingerprint density at radius 3 is 1.65 bits per heavy atom. The third kappa shape index (κ3) is 5.20. The van der Waals surface area contributed by atoms with Crippen LogP contribution in [-0.4, -0.2) is 43.9 Å². The van der Waals surface area contributed by atoms with Gasteiger partial charge in [-0.3, -0.25) is 0 Å². The molecule has 46 heavy (non-hydrogen) atoms. The number of nitrogens with one attached hydrogen (secondary N) is 2. The molecular formula is C39H52N2O5. The van der Waals surface area contributed by atoms with Gasteiger partial charge in [-0.25, -0.2) is 4.79 Å². The summed E-state index contributed by atoms with van der Waals surface area (Å²) in [6.07, 6.45) is 13.8. The zero-order chi connectivity index (χ0) is 31.3. The molecule has 2 saturated heterocycles. The fraction of sp³-hybridized carbons (Fsp3) is 0.667. The highest BCUT2D eigenvalue weighted by atomic mass is 16.8. The predicted octanol–water partition coefficient (Wildman–Crippen LogP) is 7.46. The van der Waals surface area contributed by atoms with Crippen molar-refractivity contribution >= 4 is 6.16 Å². The maximum absolute atomic E-state index is 13.1. The van der Waals surface area contributed by atoms with Gasteiger partial charge in [-0.1, -0.05) is 51.7 Å². The first kappa shape index (κ1) is 30.6. The van der Waals surface area contributed by atoms with E-state index < -0.39 is 18.7 Å². The van der Waals surface area contributed by atoms with Gasteiger partial charge in [-0.05, 0) is 123 Å². The topological polar surface area (TPSA) is 78.1 Å². The van der Waals surface area contributed by atoms with Crippen molar-refractivity contribution in [1.82, 2.24) is 10.6 Å². The summed E-state index contributed by atoms with van der Waals surface area (Å²) in [4.78, 5) is 13.1. The molecule has 2 N–H and O–H groups in total. The normalized spacial score (nSPS) is 33.6. The van der Waals surface area contributed by atoms with Crippen LogP contribution in [0.5, 0.6) is 11.5 Å². The highest BCUT2D eigenvalue weighted by Gasteiger charge is 2.52. The molecule has 4 bridgehead atoms. The Morgan fingerprint density at radius 2 is 1.20 bits per heavy atom. The Kier molecular flexibility index (Phi) is 8.21. The van der Waals surface area contributed by atoms with Crippen LogP contribution < -0.4 is 20.1 Å². The third-order valence-corrected chi connectivity index (χ3v) is 12.9. The van der Waals surface area contributed by atoms with Gasteiger partial charge in [0.05, 0.1) is 0 Å². The number of benzene rings is 2. The van der Waals surface area contributed by atoms with Gasteiger partial charge in [0.25, 0.3) is 0 Å². The van der Waals surface area contributed by atoms with Crippen LogP contribution >= 0.6 is 0 Å². The van der Waals surface area contributed by atoms with Crippen LogP contribution in [0.1, 0.15) is 113 Å². The van der Waals surface area contributed by atoms with Crippen molar-refractivity contribution in [3.63, 3.8) is 0 Å². The summed E-state index contributed by atoms with van der Waals surface area (Å²) in [5.41, 5.74) is 6.32. The second kappa shape index (κ2) is 12.4. The molecule has 2 heterocycles. The van der Waals surface area contributed by atoms with Crippen molar-refractivity contribution in [2.45, 2.75) is 139 Å². The van der Waals surface area contributed by atoms with Gasteiger partial charge in [-0.2, -0.15) is 0 Å². The Bertz CT molecular complexity index is 1330. The number of carbonyl (C=O) groups excluding carboxylic acids is 1. The summed E-state index contributed by atoms with van der Waals surface area (Å²) >= 11 is 0. The van der Waals surface area contributed by atoms with Crippen molar-refractivity contribution in [3.05, 3.63) is 58.7 Å². The zero-order valence-corrected chi connectivity index (χ0v) is 27.8. The lowest BCUT2D eigenvalue weighted by atomic mass is 9.53. The second-order valence-corrected chi connectivity index (χ2v) is 15.1. The minimum Gasteiger partial charge on any atom is -0.455 e. The van der Waals surface area contributed by atoms with E-state index >= 15 is 0 Å². The number of fused-ring (bicyclic) bond motifs is 2. The first-order valence-electron chi connectivity index (χ1n) is 18.5. The maximum Gasteiger partial charge on any atom is 0.514 e. The van der Waals surface area contributed by atoms with Crippen LogP contribution in [0.15, 0.2) is 36.4 Å². The number of ether oxygens (including phenoxy) is 4. The van der Waals surface area contributed by atoms with E-state index in [0.29, 0.717) is 36.8 Å². The molecular weight excluding hydrogens is 576 g/mol. The van der Waals surface area contributed by atoms with Gasteiger partial charge in [0, 0.05) is 35.8 Å². The van der Waals surface area contributed by atoms with Crippen molar-refractivity contribution in [3.8, 4) is 11.5 Å². The molecule has 0 radical (unpaired) electrons. The zero-order valence-electron chi connectivity index (χ0n) is 27.8. The van der Waals surface area contributed by atoms with E-state index in [-0.39, 0.29) is 10.8 Å². The van der Waals surface area contributed by atoms with E-state index in [4.69, 9.17) is 18.9 Å². The van der Waals surface area contributed by atoms with Crippen LogP contribution in [0.4, 0.5) is 4.79 Å². The minimum absolute atomic E-state index is 0.248. The molecule has 0 amide bonds. The van der Waals surface area contributed by atoms with Crippen LogP contribution in [0, 0.1) is 11.8 Å². The lowest BCUT2D eigenvalue weighted by Crippen LogP contribution is -2.59. The summed E-state index contributed by atoms with van der Waals surface area (Å²) in [5, 5.41) is 7.63. The van der Waals surface area contributed by atoms with Gasteiger partial charge < -0.3 is 29.6 Å². The van der Waals surface area contributed by atoms with Crippen molar-refractivity contribution < 1.29 is 23.7 Å². The van der Waals surface area contributed by atoms with Gasteiger partial charge in [0.1, 0.15) is 11.5 Å². The Morgan fingerprint density at radius 1 is 0.717 bits per heavy atom. The molecule has 0 aromatic heterocycles. The molecule has 4 fully saturated rings. The van der Waals surface area contributed by atoms with Crippen molar-refractivity contribution in [2.24, 2.45) is 11.8 Å². The number of piperidine rings is 2. The number of hydrogen-bond donors (Lipinski definition) is 2. The molecule has 7 nitrogen and oxygen atoms in total. The van der Waals surface area contributed by atoms with Crippen LogP contribution in [0.3, 0.4) is 0 Å². The first-order valence-corrected chi connectivity index (χ1v) is 18.5. The molecule has 8 atom stereocenters.